The van der Waals surface area contributed by atoms with E-state index in [-0.39, 0.29) is 11.6 Å². The van der Waals surface area contributed by atoms with E-state index in [2.05, 4.69) is 26.1 Å². The first kappa shape index (κ1) is 8.92. The third kappa shape index (κ3) is 7.92. The van der Waals surface area contributed by atoms with Gasteiger partial charge in [-0.15, -0.1) is 0 Å². The Bertz CT molecular complexity index is 73.5. The van der Waals surface area contributed by atoms with Crippen LogP contribution in [0.5, 0.6) is 0 Å². The highest BCUT2D eigenvalue weighted by molar-refractivity contribution is 4.70. The van der Waals surface area contributed by atoms with Crippen LogP contribution in [0.25, 0.3) is 0 Å². The van der Waals surface area contributed by atoms with Crippen molar-refractivity contribution in [1.29, 1.82) is 0 Å². The van der Waals surface area contributed by atoms with Gasteiger partial charge in [-0.3, -0.25) is 0 Å². The molecular weight excluding hydrogens is 114 g/mol. The Kier molecular flexibility index (Phi) is 3.15. The molecule has 0 aromatic rings. The molecule has 0 amide bonds. The largest absolute Gasteiger partial charge is 0.392 e. The smallest absolute Gasteiger partial charge is 0.0636 e. The Morgan fingerprint density at radius 2 is 1.89 bits per heavy atom. The van der Waals surface area contributed by atoms with Gasteiger partial charge < -0.3 is 10.4 Å². The highest BCUT2D eigenvalue weighted by atomic mass is 16.3. The van der Waals surface area contributed by atoms with Gasteiger partial charge in [-0.1, -0.05) is 0 Å². The van der Waals surface area contributed by atoms with Crippen LogP contribution in [0.15, 0.2) is 0 Å². The van der Waals surface area contributed by atoms with Gasteiger partial charge >= 0.3 is 0 Å². The molecule has 2 nitrogen and oxygen atoms in total. The fourth-order valence-corrected chi connectivity index (χ4v) is 0.454. The van der Waals surface area contributed by atoms with Crippen LogP contribution >= 0.6 is 0 Å². The summed E-state index contributed by atoms with van der Waals surface area (Å²) in [5, 5.41) is 12.0. The van der Waals surface area contributed by atoms with E-state index in [1.165, 1.54) is 0 Å². The molecule has 0 aliphatic rings. The molecule has 0 radical (unpaired) electrons. The minimum absolute atomic E-state index is 0.122. The normalized spacial score (nSPS) is 15.7. The van der Waals surface area contributed by atoms with Gasteiger partial charge in [-0.05, 0) is 27.7 Å². The highest BCUT2D eigenvalue weighted by Gasteiger charge is 2.08. The number of nitrogens with one attached hydrogen (secondary N) is 1. The molecule has 0 bridgehead atoms. The summed E-state index contributed by atoms with van der Waals surface area (Å²) in [5.74, 6) is 0. The van der Waals surface area contributed by atoms with Gasteiger partial charge in [0, 0.05) is 12.1 Å². The number of aliphatic hydroxyl groups excluding tert-OH is 1. The van der Waals surface area contributed by atoms with Crippen LogP contribution in [0.2, 0.25) is 0 Å². The summed E-state index contributed by atoms with van der Waals surface area (Å²) in [6.45, 7) is 8.68. The van der Waals surface area contributed by atoms with Gasteiger partial charge in [0.25, 0.3) is 0 Å². The van der Waals surface area contributed by atoms with Gasteiger partial charge in [0.1, 0.15) is 0 Å². The van der Waals surface area contributed by atoms with Crippen molar-refractivity contribution in [3.05, 3.63) is 0 Å². The molecule has 0 aliphatic carbocycles. The van der Waals surface area contributed by atoms with Crippen LogP contribution in [0, 0.1) is 0 Å². The van der Waals surface area contributed by atoms with Crippen molar-refractivity contribution in [3.63, 3.8) is 0 Å². The van der Waals surface area contributed by atoms with E-state index in [1.54, 1.807) is 6.92 Å². The van der Waals surface area contributed by atoms with E-state index in [0.717, 1.165) is 0 Å². The second-order valence-corrected chi connectivity index (χ2v) is 3.48. The van der Waals surface area contributed by atoms with Gasteiger partial charge in [0.05, 0.1) is 6.10 Å². The predicted molar refractivity (Wildman–Crippen MR) is 39.4 cm³/mol. The van der Waals surface area contributed by atoms with Crippen LogP contribution < -0.4 is 5.32 Å². The molecular formula is C7H17NO. The third-order valence-electron chi connectivity index (χ3n) is 0.928. The van der Waals surface area contributed by atoms with Crippen molar-refractivity contribution in [3.8, 4) is 0 Å². The summed E-state index contributed by atoms with van der Waals surface area (Å²) >= 11 is 0. The number of hydrogen-bond donors (Lipinski definition) is 2. The molecule has 0 saturated carbocycles. The molecule has 0 spiro atoms. The monoisotopic (exact) mass is 131 g/mol. The molecule has 56 valence electrons. The second-order valence-electron chi connectivity index (χ2n) is 3.48. The number of aliphatic hydroxyl groups is 1. The minimum atomic E-state index is -0.246. The second kappa shape index (κ2) is 3.18. The van der Waals surface area contributed by atoms with E-state index in [1.807, 2.05) is 0 Å². The molecule has 2 N–H and O–H groups in total. The lowest BCUT2D eigenvalue weighted by Gasteiger charge is -2.21. The van der Waals surface area contributed by atoms with Crippen LogP contribution in [0.3, 0.4) is 0 Å². The van der Waals surface area contributed by atoms with Crippen molar-refractivity contribution in [2.24, 2.45) is 0 Å². The fourth-order valence-electron chi connectivity index (χ4n) is 0.454. The summed E-state index contributed by atoms with van der Waals surface area (Å²) in [6, 6.07) is 0. The number of rotatable bonds is 2. The molecule has 0 fully saturated rings. The topological polar surface area (TPSA) is 32.3 Å². The summed E-state index contributed by atoms with van der Waals surface area (Å²) in [7, 11) is 0. The Morgan fingerprint density at radius 3 is 2.00 bits per heavy atom. The van der Waals surface area contributed by atoms with E-state index in [0.29, 0.717) is 6.54 Å². The lowest BCUT2D eigenvalue weighted by Crippen LogP contribution is -2.39. The maximum atomic E-state index is 8.85. The lowest BCUT2D eigenvalue weighted by atomic mass is 10.1. The molecule has 0 aliphatic heterocycles. The lowest BCUT2D eigenvalue weighted by molar-refractivity contribution is 0.179. The Morgan fingerprint density at radius 1 is 1.44 bits per heavy atom. The van der Waals surface area contributed by atoms with Crippen LogP contribution in [0.4, 0.5) is 0 Å². The molecule has 0 aromatic heterocycles. The minimum Gasteiger partial charge on any atom is -0.392 e. The first-order valence-electron chi connectivity index (χ1n) is 3.35. The molecule has 0 aromatic carbocycles. The standard InChI is InChI=1S/C7H17NO/c1-6(9)5-8-7(2,3)4/h6,8-9H,5H2,1-4H3/t6-/m0/s1. The van der Waals surface area contributed by atoms with Gasteiger partial charge in [0.15, 0.2) is 0 Å². The van der Waals surface area contributed by atoms with E-state index < -0.39 is 0 Å². The SMILES string of the molecule is C[C@H](O)CNC(C)(C)C. The zero-order valence-electron chi connectivity index (χ0n) is 6.73. The van der Waals surface area contributed by atoms with E-state index in [4.69, 9.17) is 5.11 Å². The van der Waals surface area contributed by atoms with Crippen molar-refractivity contribution in [2.45, 2.75) is 39.3 Å². The molecule has 0 heterocycles. The quantitative estimate of drug-likeness (QED) is 0.579. The first-order valence-corrected chi connectivity index (χ1v) is 3.35. The average Bonchev–Trinajstić information content (AvgIpc) is 1.59. The van der Waals surface area contributed by atoms with Crippen LogP contribution in [-0.2, 0) is 0 Å². The number of β-amino-alcohol motifs (C(OH)–C–C–N with tert-alkyl or cyclic N) is 1. The molecule has 0 unspecified atom stereocenters. The first-order chi connectivity index (χ1) is 3.92. The van der Waals surface area contributed by atoms with Gasteiger partial charge in [-0.25, -0.2) is 0 Å². The van der Waals surface area contributed by atoms with Gasteiger partial charge in [-0.2, -0.15) is 0 Å². The zero-order chi connectivity index (χ0) is 7.49. The summed E-state index contributed by atoms with van der Waals surface area (Å²) in [5.41, 5.74) is 0.122. The molecule has 2 heteroatoms. The summed E-state index contributed by atoms with van der Waals surface area (Å²) in [4.78, 5) is 0. The van der Waals surface area contributed by atoms with Crippen molar-refractivity contribution in [2.75, 3.05) is 6.54 Å². The molecule has 1 atom stereocenters. The third-order valence-corrected chi connectivity index (χ3v) is 0.928. The summed E-state index contributed by atoms with van der Waals surface area (Å²) in [6.07, 6.45) is -0.246. The van der Waals surface area contributed by atoms with Gasteiger partial charge in [0.2, 0.25) is 0 Å². The summed E-state index contributed by atoms with van der Waals surface area (Å²) < 4.78 is 0. The fraction of sp³-hybridized carbons (Fsp3) is 1.00. The predicted octanol–water partition coefficient (Wildman–Crippen LogP) is 0.755. The zero-order valence-corrected chi connectivity index (χ0v) is 6.73. The van der Waals surface area contributed by atoms with Crippen LogP contribution in [0.1, 0.15) is 27.7 Å². The van der Waals surface area contributed by atoms with Crippen molar-refractivity contribution in [1.82, 2.24) is 5.32 Å². The average molecular weight is 131 g/mol. The molecule has 0 saturated heterocycles. The van der Waals surface area contributed by atoms with Crippen molar-refractivity contribution < 1.29 is 5.11 Å². The molecule has 0 rings (SSSR count). The Labute approximate surface area is 57.3 Å². The van der Waals surface area contributed by atoms with Crippen molar-refractivity contribution >= 4 is 0 Å². The number of hydrogen-bond acceptors (Lipinski definition) is 2. The highest BCUT2D eigenvalue weighted by Crippen LogP contribution is 1.97. The molecule has 9 heavy (non-hydrogen) atoms. The Balaban J connectivity index is 3.28. The Hall–Kier alpha value is -0.0800. The van der Waals surface area contributed by atoms with Crippen LogP contribution in [-0.4, -0.2) is 23.3 Å². The maximum absolute atomic E-state index is 8.85. The van der Waals surface area contributed by atoms with E-state index in [9.17, 15) is 0 Å². The van der Waals surface area contributed by atoms with E-state index >= 15 is 0 Å². The maximum Gasteiger partial charge on any atom is 0.0636 e.